The van der Waals surface area contributed by atoms with Gasteiger partial charge in [-0.15, -0.1) is 0 Å². The first-order valence-corrected chi connectivity index (χ1v) is 10.4. The molecule has 3 aromatic rings. The molecule has 0 spiro atoms. The highest BCUT2D eigenvalue weighted by molar-refractivity contribution is 6.40. The first-order chi connectivity index (χ1) is 15.8. The van der Waals surface area contributed by atoms with Crippen LogP contribution in [0, 0.1) is 21.4 Å². The summed E-state index contributed by atoms with van der Waals surface area (Å²) in [5, 5.41) is 22.8. The predicted octanol–water partition coefficient (Wildman–Crippen LogP) is 6.68. The first-order valence-electron chi connectivity index (χ1n) is 9.31. The number of nitrogens with zero attached hydrogens (tertiary/aromatic N) is 2. The van der Waals surface area contributed by atoms with Gasteiger partial charge in [0.05, 0.1) is 25.7 Å². The fraction of sp³-hybridized carbons (Fsp3) is 0.0435. The molecule has 1 amide bonds. The number of nitriles is 1. The zero-order chi connectivity index (χ0) is 24.0. The van der Waals surface area contributed by atoms with E-state index >= 15 is 0 Å². The van der Waals surface area contributed by atoms with Crippen molar-refractivity contribution < 1.29 is 14.5 Å². The lowest BCUT2D eigenvalue weighted by atomic mass is 10.1. The van der Waals surface area contributed by atoms with E-state index in [0.717, 1.165) is 17.7 Å². The number of anilines is 1. The van der Waals surface area contributed by atoms with E-state index in [1.54, 1.807) is 24.3 Å². The minimum Gasteiger partial charge on any atom is -0.487 e. The SMILES string of the molecule is N#C/C(=C\c1ccc(OCc2ccccc2)c(Cl)c1)C(=O)Nc1c(Cl)cc([N+](=O)[O-])cc1Cl. The molecule has 0 aromatic heterocycles. The van der Waals surface area contributed by atoms with Gasteiger partial charge in [-0.1, -0.05) is 71.2 Å². The molecule has 0 aliphatic heterocycles. The predicted molar refractivity (Wildman–Crippen MR) is 128 cm³/mol. The lowest BCUT2D eigenvalue weighted by Crippen LogP contribution is -2.14. The molecule has 33 heavy (non-hydrogen) atoms. The van der Waals surface area contributed by atoms with Crippen molar-refractivity contribution in [3.05, 3.63) is 103 Å². The Hall–Kier alpha value is -3.57. The molecule has 166 valence electrons. The summed E-state index contributed by atoms with van der Waals surface area (Å²) in [6.07, 6.45) is 1.33. The summed E-state index contributed by atoms with van der Waals surface area (Å²) in [7, 11) is 0. The molecule has 0 aliphatic carbocycles. The van der Waals surface area contributed by atoms with Crippen LogP contribution >= 0.6 is 34.8 Å². The Kier molecular flexibility index (Phi) is 7.91. The van der Waals surface area contributed by atoms with Crippen molar-refractivity contribution in [1.82, 2.24) is 0 Å². The number of carbonyl (C=O) groups is 1. The third-order valence-electron chi connectivity index (χ3n) is 4.35. The number of ether oxygens (including phenoxy) is 1. The molecule has 0 heterocycles. The molecule has 0 radical (unpaired) electrons. The highest BCUT2D eigenvalue weighted by atomic mass is 35.5. The summed E-state index contributed by atoms with van der Waals surface area (Å²) in [5.41, 5.74) is 0.833. The number of nitro benzene ring substituents is 1. The average Bonchev–Trinajstić information content (AvgIpc) is 2.79. The summed E-state index contributed by atoms with van der Waals surface area (Å²) >= 11 is 18.3. The Balaban J connectivity index is 1.76. The number of amides is 1. The van der Waals surface area contributed by atoms with Crippen LogP contribution in [0.15, 0.2) is 66.2 Å². The number of rotatable bonds is 7. The van der Waals surface area contributed by atoms with Gasteiger partial charge < -0.3 is 10.1 Å². The number of halogens is 3. The van der Waals surface area contributed by atoms with Crippen LogP contribution in [0.5, 0.6) is 5.75 Å². The number of hydrogen-bond donors (Lipinski definition) is 1. The zero-order valence-corrected chi connectivity index (χ0v) is 19.0. The van der Waals surface area contributed by atoms with Crippen LogP contribution in [0.1, 0.15) is 11.1 Å². The van der Waals surface area contributed by atoms with Crippen LogP contribution < -0.4 is 10.1 Å². The number of hydrogen-bond acceptors (Lipinski definition) is 5. The fourth-order valence-electron chi connectivity index (χ4n) is 2.74. The maximum atomic E-state index is 12.6. The quantitative estimate of drug-likeness (QED) is 0.168. The van der Waals surface area contributed by atoms with Crippen LogP contribution in [0.2, 0.25) is 15.1 Å². The second kappa shape index (κ2) is 10.8. The van der Waals surface area contributed by atoms with Gasteiger partial charge in [-0.3, -0.25) is 14.9 Å². The highest BCUT2D eigenvalue weighted by Crippen LogP contribution is 2.35. The van der Waals surface area contributed by atoms with Crippen molar-refractivity contribution in [3.63, 3.8) is 0 Å². The molecule has 0 saturated carbocycles. The molecule has 0 unspecified atom stereocenters. The summed E-state index contributed by atoms with van der Waals surface area (Å²) in [4.78, 5) is 22.8. The average molecular weight is 503 g/mol. The summed E-state index contributed by atoms with van der Waals surface area (Å²) in [6.45, 7) is 0.332. The van der Waals surface area contributed by atoms with Gasteiger partial charge in [0.1, 0.15) is 24.0 Å². The van der Waals surface area contributed by atoms with Crippen molar-refractivity contribution in [2.24, 2.45) is 0 Å². The lowest BCUT2D eigenvalue weighted by Gasteiger charge is -2.10. The third kappa shape index (κ3) is 6.24. The van der Waals surface area contributed by atoms with Gasteiger partial charge >= 0.3 is 0 Å². The van der Waals surface area contributed by atoms with E-state index in [0.29, 0.717) is 22.9 Å². The van der Waals surface area contributed by atoms with Crippen molar-refractivity contribution in [1.29, 1.82) is 5.26 Å². The van der Waals surface area contributed by atoms with Crippen molar-refractivity contribution in [3.8, 4) is 11.8 Å². The molecule has 1 N–H and O–H groups in total. The standard InChI is InChI=1S/C23H14Cl3N3O4/c24-18-9-15(6-7-21(18)33-13-14-4-2-1-3-5-14)8-16(12-27)23(30)28-22-19(25)10-17(29(31)32)11-20(22)26/h1-11H,13H2,(H,28,30)/b16-8+. The fourth-order valence-corrected chi connectivity index (χ4v) is 3.55. The Labute approximate surface area is 203 Å². The number of benzene rings is 3. The van der Waals surface area contributed by atoms with E-state index in [-0.39, 0.29) is 27.0 Å². The second-order valence-electron chi connectivity index (χ2n) is 6.63. The van der Waals surface area contributed by atoms with E-state index in [9.17, 15) is 20.2 Å². The molecule has 0 bridgehead atoms. The van der Waals surface area contributed by atoms with Crippen LogP contribution in [-0.2, 0) is 11.4 Å². The van der Waals surface area contributed by atoms with Crippen molar-refractivity contribution >= 4 is 58.2 Å². The summed E-state index contributed by atoms with van der Waals surface area (Å²) in [6, 6.07) is 18.3. The monoisotopic (exact) mass is 501 g/mol. The number of carbonyl (C=O) groups excluding carboxylic acids is 1. The molecule has 3 aromatic carbocycles. The Morgan fingerprint density at radius 2 is 1.73 bits per heavy atom. The zero-order valence-electron chi connectivity index (χ0n) is 16.7. The van der Waals surface area contributed by atoms with Gasteiger partial charge in [-0.25, -0.2) is 0 Å². The van der Waals surface area contributed by atoms with Crippen molar-refractivity contribution in [2.45, 2.75) is 6.61 Å². The molecule has 3 rings (SSSR count). The number of nitro groups is 1. The van der Waals surface area contributed by atoms with Gasteiger partial charge in [0, 0.05) is 12.1 Å². The van der Waals surface area contributed by atoms with Gasteiger partial charge in [0.25, 0.3) is 11.6 Å². The molecule has 0 atom stereocenters. The van der Waals surface area contributed by atoms with Gasteiger partial charge in [-0.2, -0.15) is 5.26 Å². The minimum atomic E-state index is -0.796. The van der Waals surface area contributed by atoms with Crippen LogP contribution in [0.4, 0.5) is 11.4 Å². The number of nitrogens with one attached hydrogen (secondary N) is 1. The molecule has 0 aliphatic rings. The topological polar surface area (TPSA) is 105 Å². The number of non-ortho nitro benzene ring substituents is 1. The van der Waals surface area contributed by atoms with Crippen LogP contribution in [0.3, 0.4) is 0 Å². The first kappa shape index (κ1) is 24.1. The maximum absolute atomic E-state index is 12.6. The molecule has 0 saturated heterocycles. The molecule has 7 nitrogen and oxygen atoms in total. The van der Waals surface area contributed by atoms with Crippen LogP contribution in [0.25, 0.3) is 6.08 Å². The van der Waals surface area contributed by atoms with E-state index in [2.05, 4.69) is 5.32 Å². The minimum absolute atomic E-state index is 0.0437. The van der Waals surface area contributed by atoms with Gasteiger partial charge in [0.2, 0.25) is 0 Å². The van der Waals surface area contributed by atoms with E-state index in [1.165, 1.54) is 6.08 Å². The largest absolute Gasteiger partial charge is 0.487 e. The molecule has 10 heteroatoms. The Morgan fingerprint density at radius 1 is 1.06 bits per heavy atom. The molecule has 0 fully saturated rings. The van der Waals surface area contributed by atoms with Crippen LogP contribution in [-0.4, -0.2) is 10.8 Å². The Bertz CT molecular complexity index is 1260. The van der Waals surface area contributed by atoms with Gasteiger partial charge in [-0.05, 0) is 29.3 Å². The maximum Gasteiger partial charge on any atom is 0.272 e. The van der Waals surface area contributed by atoms with Gasteiger partial charge in [0.15, 0.2) is 0 Å². The van der Waals surface area contributed by atoms with E-state index < -0.39 is 10.8 Å². The summed E-state index contributed by atoms with van der Waals surface area (Å²) in [5.74, 6) is -0.347. The second-order valence-corrected chi connectivity index (χ2v) is 7.85. The molecular weight excluding hydrogens is 489 g/mol. The smallest absolute Gasteiger partial charge is 0.272 e. The Morgan fingerprint density at radius 3 is 2.30 bits per heavy atom. The molecular formula is C23H14Cl3N3O4. The summed E-state index contributed by atoms with van der Waals surface area (Å²) < 4.78 is 5.71. The highest BCUT2D eigenvalue weighted by Gasteiger charge is 2.18. The van der Waals surface area contributed by atoms with E-state index in [4.69, 9.17) is 39.5 Å². The lowest BCUT2D eigenvalue weighted by molar-refractivity contribution is -0.384. The van der Waals surface area contributed by atoms with Crippen molar-refractivity contribution in [2.75, 3.05) is 5.32 Å². The third-order valence-corrected chi connectivity index (χ3v) is 5.24. The van der Waals surface area contributed by atoms with E-state index in [1.807, 2.05) is 30.3 Å². The normalized spacial score (nSPS) is 10.9.